The monoisotopic (exact) mass is 292 g/mol. The third kappa shape index (κ3) is 4.62. The zero-order valence-corrected chi connectivity index (χ0v) is 11.9. The predicted molar refractivity (Wildman–Crippen MR) is 72.8 cm³/mol. The average molecular weight is 292 g/mol. The number of aromatic nitrogens is 1. The van der Waals surface area contributed by atoms with E-state index in [4.69, 9.17) is 5.73 Å². The van der Waals surface area contributed by atoms with E-state index < -0.39 is 18.9 Å². The number of hydrogen-bond donors (Lipinski definition) is 2. The lowest BCUT2D eigenvalue weighted by molar-refractivity contribution is 0.0625. The Hall–Kier alpha value is -1.44. The highest BCUT2D eigenvalue weighted by atomic mass is 32.1. The zero-order valence-electron chi connectivity index (χ0n) is 11.1. The van der Waals surface area contributed by atoms with E-state index in [-0.39, 0.29) is 10.7 Å². The Morgan fingerprint density at radius 2 is 2.16 bits per heavy atom. The first-order valence-electron chi connectivity index (χ1n) is 5.85. The Balaban J connectivity index is 2.75. The summed E-state index contributed by atoms with van der Waals surface area (Å²) in [6.45, 7) is 4.15. The van der Waals surface area contributed by atoms with Crippen molar-refractivity contribution < 1.29 is 13.6 Å². The molecule has 0 saturated heterocycles. The Labute approximate surface area is 114 Å². The number of nitrogen functional groups attached to an aromatic ring is 1. The number of thiazole rings is 1. The molecule has 1 rings (SSSR count). The molecule has 0 fully saturated rings. The minimum atomic E-state index is -2.57. The van der Waals surface area contributed by atoms with E-state index in [0.717, 1.165) is 16.2 Å². The molecule has 1 aromatic rings. The molecule has 5 nitrogen and oxygen atoms in total. The fourth-order valence-electron chi connectivity index (χ4n) is 1.32. The first kappa shape index (κ1) is 15.6. The maximum absolute atomic E-state index is 12.2. The molecule has 0 aliphatic rings. The highest BCUT2D eigenvalue weighted by Gasteiger charge is 2.21. The molecule has 1 heterocycles. The van der Waals surface area contributed by atoms with E-state index in [0.29, 0.717) is 17.6 Å². The van der Waals surface area contributed by atoms with Crippen LogP contribution in [0.15, 0.2) is 0 Å². The normalized spacial score (nSPS) is 11.1. The van der Waals surface area contributed by atoms with Gasteiger partial charge < -0.3 is 16.0 Å². The summed E-state index contributed by atoms with van der Waals surface area (Å²) in [5, 5.41) is 3.58. The van der Waals surface area contributed by atoms with Crippen LogP contribution in [-0.4, -0.2) is 42.4 Å². The first-order valence-corrected chi connectivity index (χ1v) is 6.66. The molecule has 0 atom stereocenters. The van der Waals surface area contributed by atoms with Gasteiger partial charge in [0.05, 0.1) is 6.54 Å². The van der Waals surface area contributed by atoms with Crippen molar-refractivity contribution in [2.75, 3.05) is 31.2 Å². The van der Waals surface area contributed by atoms with Gasteiger partial charge in [0.1, 0.15) is 10.7 Å². The predicted octanol–water partition coefficient (Wildman–Crippen LogP) is 2.13. The van der Waals surface area contributed by atoms with Gasteiger partial charge in [0.2, 0.25) is 0 Å². The number of nitrogens with one attached hydrogen (secondary N) is 1. The number of carbonyl (C=O) groups excluding carboxylic acids is 1. The lowest BCUT2D eigenvalue weighted by Crippen LogP contribution is -2.31. The van der Waals surface area contributed by atoms with Crippen LogP contribution < -0.4 is 11.1 Å². The molecule has 0 bridgehead atoms. The number of nitrogens with two attached hydrogens (primary N) is 1. The molecule has 0 radical (unpaired) electrons. The molecule has 0 saturated carbocycles. The number of carbonyl (C=O) groups is 1. The highest BCUT2D eigenvalue weighted by molar-refractivity contribution is 7.18. The second-order valence-corrected chi connectivity index (χ2v) is 5.58. The second-order valence-electron chi connectivity index (χ2n) is 4.58. The highest BCUT2D eigenvalue weighted by Crippen LogP contribution is 2.26. The van der Waals surface area contributed by atoms with Crippen LogP contribution in [0.5, 0.6) is 0 Å². The smallest absolute Gasteiger partial charge is 0.267 e. The largest absolute Gasteiger partial charge is 0.382 e. The van der Waals surface area contributed by atoms with Gasteiger partial charge in [-0.1, -0.05) is 25.2 Å². The second kappa shape index (κ2) is 6.65. The minimum absolute atomic E-state index is 0.0716. The van der Waals surface area contributed by atoms with Gasteiger partial charge in [-0.2, -0.15) is 0 Å². The fraction of sp³-hybridized carbons (Fsp3) is 0.636. The Morgan fingerprint density at radius 3 is 2.68 bits per heavy atom. The fourth-order valence-corrected chi connectivity index (χ4v) is 2.20. The molecular formula is C11H18F2N4OS. The number of halogens is 2. The summed E-state index contributed by atoms with van der Waals surface area (Å²) in [5.74, 6) is -0.0407. The quantitative estimate of drug-likeness (QED) is 0.842. The van der Waals surface area contributed by atoms with Gasteiger partial charge in [-0.25, -0.2) is 13.8 Å². The van der Waals surface area contributed by atoms with Crippen molar-refractivity contribution in [2.45, 2.75) is 20.3 Å². The molecule has 3 N–H and O–H groups in total. The summed E-state index contributed by atoms with van der Waals surface area (Å²) in [5.41, 5.74) is 5.64. The molecule has 1 aromatic heterocycles. The SMILES string of the molecule is CC(C)CNc1nc(N)c(C(=O)N(C)CC(F)F)s1. The van der Waals surface area contributed by atoms with Crippen molar-refractivity contribution in [2.24, 2.45) is 5.92 Å². The lowest BCUT2D eigenvalue weighted by Gasteiger charge is -2.15. The molecule has 0 spiro atoms. The molecule has 0 aliphatic heterocycles. The summed E-state index contributed by atoms with van der Waals surface area (Å²) in [6.07, 6.45) is -2.57. The van der Waals surface area contributed by atoms with Crippen molar-refractivity contribution in [3.63, 3.8) is 0 Å². The van der Waals surface area contributed by atoms with Gasteiger partial charge in [-0.15, -0.1) is 0 Å². The Morgan fingerprint density at radius 1 is 1.53 bits per heavy atom. The van der Waals surface area contributed by atoms with E-state index >= 15 is 0 Å². The molecule has 1 amide bonds. The molecule has 19 heavy (non-hydrogen) atoms. The number of nitrogens with zero attached hydrogens (tertiary/aromatic N) is 2. The summed E-state index contributed by atoms with van der Waals surface area (Å²) in [6, 6.07) is 0. The zero-order chi connectivity index (χ0) is 14.6. The number of anilines is 2. The molecule has 0 aromatic carbocycles. The van der Waals surface area contributed by atoms with Crippen molar-refractivity contribution in [1.29, 1.82) is 0 Å². The summed E-state index contributed by atoms with van der Waals surface area (Å²) >= 11 is 1.08. The average Bonchev–Trinajstić information content (AvgIpc) is 2.66. The van der Waals surface area contributed by atoms with Crippen LogP contribution in [0.4, 0.5) is 19.7 Å². The van der Waals surface area contributed by atoms with Gasteiger partial charge in [-0.3, -0.25) is 4.79 Å². The number of hydrogen-bond acceptors (Lipinski definition) is 5. The van der Waals surface area contributed by atoms with Gasteiger partial charge in [0.25, 0.3) is 12.3 Å². The van der Waals surface area contributed by atoms with E-state index in [2.05, 4.69) is 10.3 Å². The lowest BCUT2D eigenvalue weighted by atomic mass is 10.2. The van der Waals surface area contributed by atoms with Gasteiger partial charge >= 0.3 is 0 Å². The van der Waals surface area contributed by atoms with E-state index in [9.17, 15) is 13.6 Å². The van der Waals surface area contributed by atoms with Gasteiger partial charge in [0.15, 0.2) is 5.13 Å². The van der Waals surface area contributed by atoms with E-state index in [1.807, 2.05) is 13.8 Å². The van der Waals surface area contributed by atoms with Gasteiger partial charge in [-0.05, 0) is 5.92 Å². The number of alkyl halides is 2. The third-order valence-electron chi connectivity index (χ3n) is 2.27. The molecule has 8 heteroatoms. The Kier molecular flexibility index (Phi) is 5.46. The Bertz CT molecular complexity index is 436. The van der Waals surface area contributed by atoms with E-state index in [1.54, 1.807) is 0 Å². The molecule has 0 aliphatic carbocycles. The summed E-state index contributed by atoms with van der Waals surface area (Å²) in [7, 11) is 1.31. The number of rotatable bonds is 6. The van der Waals surface area contributed by atoms with E-state index in [1.165, 1.54) is 7.05 Å². The molecular weight excluding hydrogens is 274 g/mol. The van der Waals surface area contributed by atoms with Crippen LogP contribution in [0, 0.1) is 5.92 Å². The van der Waals surface area contributed by atoms with Crippen LogP contribution >= 0.6 is 11.3 Å². The topological polar surface area (TPSA) is 71.2 Å². The third-order valence-corrected chi connectivity index (χ3v) is 3.28. The maximum Gasteiger partial charge on any atom is 0.267 e. The van der Waals surface area contributed by atoms with Crippen LogP contribution in [0.25, 0.3) is 0 Å². The van der Waals surface area contributed by atoms with Crippen molar-refractivity contribution in [3.8, 4) is 0 Å². The summed E-state index contributed by atoms with van der Waals surface area (Å²) in [4.78, 5) is 17.1. The number of amides is 1. The van der Waals surface area contributed by atoms with Crippen LogP contribution in [0.3, 0.4) is 0 Å². The first-order chi connectivity index (χ1) is 8.81. The van der Waals surface area contributed by atoms with Gasteiger partial charge in [0, 0.05) is 13.6 Å². The van der Waals surface area contributed by atoms with Crippen molar-refractivity contribution in [1.82, 2.24) is 9.88 Å². The molecule has 0 unspecified atom stereocenters. The molecule has 108 valence electrons. The van der Waals surface area contributed by atoms with Crippen molar-refractivity contribution >= 4 is 28.2 Å². The van der Waals surface area contributed by atoms with Crippen LogP contribution in [-0.2, 0) is 0 Å². The van der Waals surface area contributed by atoms with Crippen LogP contribution in [0.1, 0.15) is 23.5 Å². The maximum atomic E-state index is 12.2. The standard InChI is InChI=1S/C11H18F2N4OS/c1-6(2)4-15-11-16-9(14)8(19-11)10(18)17(3)5-7(12)13/h6-7H,4-5,14H2,1-3H3,(H,15,16). The van der Waals surface area contributed by atoms with Crippen molar-refractivity contribution in [3.05, 3.63) is 4.88 Å². The minimum Gasteiger partial charge on any atom is -0.382 e. The summed E-state index contributed by atoms with van der Waals surface area (Å²) < 4.78 is 24.5. The van der Waals surface area contributed by atoms with Crippen LogP contribution in [0.2, 0.25) is 0 Å².